The first-order chi connectivity index (χ1) is 10.8. The fraction of sp³-hybridized carbons (Fsp3) is 0.278. The molecule has 0 heterocycles. The van der Waals surface area contributed by atoms with Crippen LogP contribution in [0.4, 0.5) is 0 Å². The maximum Gasteiger partial charge on any atom is 0.220 e. The first-order valence-corrected chi connectivity index (χ1v) is 7.51. The molecular weight excluding hydrogens is 312 g/mol. The van der Waals surface area contributed by atoms with Gasteiger partial charge < -0.3 is 15.4 Å². The van der Waals surface area contributed by atoms with Gasteiger partial charge in [0.15, 0.2) is 0 Å². The van der Waals surface area contributed by atoms with E-state index in [2.05, 4.69) is 10.6 Å². The molecule has 0 aromatic heterocycles. The molecule has 5 heteroatoms. The van der Waals surface area contributed by atoms with Gasteiger partial charge in [-0.15, -0.1) is 12.4 Å². The van der Waals surface area contributed by atoms with Gasteiger partial charge in [-0.2, -0.15) is 0 Å². The van der Waals surface area contributed by atoms with Crippen molar-refractivity contribution in [2.75, 3.05) is 13.6 Å². The molecule has 4 nitrogen and oxygen atoms in total. The van der Waals surface area contributed by atoms with Crippen molar-refractivity contribution < 1.29 is 9.53 Å². The summed E-state index contributed by atoms with van der Waals surface area (Å²) in [6, 6.07) is 17.4. The van der Waals surface area contributed by atoms with Gasteiger partial charge in [0.05, 0.1) is 0 Å². The first kappa shape index (κ1) is 19.0. The molecule has 0 atom stereocenters. The maximum atomic E-state index is 11.7. The number of amides is 1. The number of rotatable bonds is 8. The van der Waals surface area contributed by atoms with Crippen LogP contribution in [0.2, 0.25) is 0 Å². The molecular formula is C18H23ClN2O2. The highest BCUT2D eigenvalue weighted by atomic mass is 35.5. The number of nitrogens with one attached hydrogen (secondary N) is 2. The van der Waals surface area contributed by atoms with Crippen LogP contribution in [0.25, 0.3) is 0 Å². The van der Waals surface area contributed by atoms with E-state index in [-0.39, 0.29) is 18.3 Å². The molecule has 2 aromatic carbocycles. The highest BCUT2D eigenvalue weighted by Gasteiger charge is 2.02. The van der Waals surface area contributed by atoms with Crippen molar-refractivity contribution in [1.82, 2.24) is 10.6 Å². The highest BCUT2D eigenvalue weighted by molar-refractivity contribution is 5.85. The molecule has 0 spiro atoms. The third-order valence-corrected chi connectivity index (χ3v) is 3.20. The van der Waals surface area contributed by atoms with E-state index in [0.717, 1.165) is 30.0 Å². The van der Waals surface area contributed by atoms with Crippen LogP contribution in [0.5, 0.6) is 11.5 Å². The average Bonchev–Trinajstić information content (AvgIpc) is 2.55. The first-order valence-electron chi connectivity index (χ1n) is 7.51. The van der Waals surface area contributed by atoms with Crippen molar-refractivity contribution in [3.63, 3.8) is 0 Å². The number of hydrogen-bond acceptors (Lipinski definition) is 3. The van der Waals surface area contributed by atoms with Crippen molar-refractivity contribution in [2.24, 2.45) is 0 Å². The summed E-state index contributed by atoms with van der Waals surface area (Å²) >= 11 is 0. The quantitative estimate of drug-likeness (QED) is 0.726. The van der Waals surface area contributed by atoms with E-state index in [9.17, 15) is 4.79 Å². The number of halogens is 1. The Labute approximate surface area is 143 Å². The zero-order valence-electron chi connectivity index (χ0n) is 13.2. The van der Waals surface area contributed by atoms with Gasteiger partial charge in [-0.25, -0.2) is 0 Å². The van der Waals surface area contributed by atoms with Crippen LogP contribution in [0, 0.1) is 0 Å². The Hall–Kier alpha value is -2.04. The summed E-state index contributed by atoms with van der Waals surface area (Å²) in [5, 5.41) is 5.96. The molecule has 0 bridgehead atoms. The van der Waals surface area contributed by atoms with Crippen molar-refractivity contribution >= 4 is 18.3 Å². The summed E-state index contributed by atoms with van der Waals surface area (Å²) in [5.74, 6) is 1.65. The van der Waals surface area contributed by atoms with Gasteiger partial charge in [-0.1, -0.05) is 30.3 Å². The lowest BCUT2D eigenvalue weighted by Crippen LogP contribution is -2.23. The molecule has 0 saturated heterocycles. The van der Waals surface area contributed by atoms with E-state index in [0.29, 0.717) is 13.0 Å². The molecule has 0 radical (unpaired) electrons. The standard InChI is InChI=1S/C18H22N2O2.ClH/c1-19-12-6-11-18(21)20-14-15-7-5-10-17(13-15)22-16-8-3-2-4-9-16;/h2-5,7-10,13,19H,6,11-12,14H2,1H3,(H,20,21);1H. The van der Waals surface area contributed by atoms with Crippen LogP contribution in [0.1, 0.15) is 18.4 Å². The third-order valence-electron chi connectivity index (χ3n) is 3.20. The Morgan fingerprint density at radius 1 is 1.04 bits per heavy atom. The predicted octanol–water partition coefficient (Wildman–Crippen LogP) is 3.52. The van der Waals surface area contributed by atoms with Gasteiger partial charge in [0.25, 0.3) is 0 Å². The summed E-state index contributed by atoms with van der Waals surface area (Å²) in [4.78, 5) is 11.7. The molecule has 1 amide bonds. The normalized spacial score (nSPS) is 9.78. The van der Waals surface area contributed by atoms with E-state index in [1.165, 1.54) is 0 Å². The lowest BCUT2D eigenvalue weighted by molar-refractivity contribution is -0.121. The van der Waals surface area contributed by atoms with Crippen molar-refractivity contribution in [1.29, 1.82) is 0 Å². The Kier molecular flexibility index (Phi) is 8.80. The van der Waals surface area contributed by atoms with Crippen molar-refractivity contribution in [2.45, 2.75) is 19.4 Å². The highest BCUT2D eigenvalue weighted by Crippen LogP contribution is 2.21. The topological polar surface area (TPSA) is 50.4 Å². The van der Waals surface area contributed by atoms with E-state index in [4.69, 9.17) is 4.74 Å². The van der Waals surface area contributed by atoms with Crippen molar-refractivity contribution in [3.05, 3.63) is 60.2 Å². The summed E-state index contributed by atoms with van der Waals surface area (Å²) in [6.07, 6.45) is 1.39. The van der Waals surface area contributed by atoms with Gasteiger partial charge >= 0.3 is 0 Å². The molecule has 0 aliphatic heterocycles. The number of para-hydroxylation sites is 1. The van der Waals surface area contributed by atoms with Gasteiger partial charge in [-0.3, -0.25) is 4.79 Å². The summed E-state index contributed by atoms with van der Waals surface area (Å²) in [5.41, 5.74) is 1.02. The van der Waals surface area contributed by atoms with E-state index in [1.54, 1.807) is 0 Å². The molecule has 2 rings (SSSR count). The molecule has 2 aromatic rings. The van der Waals surface area contributed by atoms with Gasteiger partial charge in [-0.05, 0) is 49.8 Å². The predicted molar refractivity (Wildman–Crippen MR) is 95.2 cm³/mol. The lowest BCUT2D eigenvalue weighted by atomic mass is 10.2. The molecule has 0 unspecified atom stereocenters. The minimum atomic E-state index is 0. The van der Waals surface area contributed by atoms with Crippen LogP contribution >= 0.6 is 12.4 Å². The number of carbonyl (C=O) groups excluding carboxylic acids is 1. The molecule has 0 fully saturated rings. The van der Waals surface area contributed by atoms with Crippen LogP contribution in [-0.4, -0.2) is 19.5 Å². The molecule has 0 saturated carbocycles. The minimum Gasteiger partial charge on any atom is -0.457 e. The molecule has 23 heavy (non-hydrogen) atoms. The van der Waals surface area contributed by atoms with Crippen LogP contribution in [0.3, 0.4) is 0 Å². The summed E-state index contributed by atoms with van der Waals surface area (Å²) in [6.45, 7) is 1.37. The fourth-order valence-corrected chi connectivity index (χ4v) is 2.06. The van der Waals surface area contributed by atoms with Gasteiger partial charge in [0, 0.05) is 13.0 Å². The Bertz CT molecular complexity index is 591. The van der Waals surface area contributed by atoms with Crippen LogP contribution in [0.15, 0.2) is 54.6 Å². The molecule has 0 aliphatic carbocycles. The second-order valence-corrected chi connectivity index (χ2v) is 5.05. The van der Waals surface area contributed by atoms with E-state index < -0.39 is 0 Å². The number of ether oxygens (including phenoxy) is 1. The monoisotopic (exact) mass is 334 g/mol. The summed E-state index contributed by atoms with van der Waals surface area (Å²) in [7, 11) is 1.89. The van der Waals surface area contributed by atoms with Gasteiger partial charge in [0.1, 0.15) is 11.5 Å². The Morgan fingerprint density at radius 2 is 1.78 bits per heavy atom. The third kappa shape index (κ3) is 7.17. The SMILES string of the molecule is CNCCCC(=O)NCc1cccc(Oc2ccccc2)c1.Cl. The average molecular weight is 335 g/mol. The number of carbonyl (C=O) groups is 1. The molecule has 0 aliphatic rings. The van der Waals surface area contributed by atoms with Crippen LogP contribution in [-0.2, 0) is 11.3 Å². The number of benzene rings is 2. The Balaban J connectivity index is 0.00000264. The molecule has 2 N–H and O–H groups in total. The zero-order chi connectivity index (χ0) is 15.6. The maximum absolute atomic E-state index is 11.7. The number of hydrogen-bond donors (Lipinski definition) is 2. The minimum absolute atomic E-state index is 0. The molecule has 124 valence electrons. The smallest absolute Gasteiger partial charge is 0.220 e. The van der Waals surface area contributed by atoms with Crippen molar-refractivity contribution in [3.8, 4) is 11.5 Å². The fourth-order valence-electron chi connectivity index (χ4n) is 2.06. The second kappa shape index (κ2) is 10.6. The largest absolute Gasteiger partial charge is 0.457 e. The van der Waals surface area contributed by atoms with Crippen LogP contribution < -0.4 is 15.4 Å². The lowest BCUT2D eigenvalue weighted by Gasteiger charge is -2.09. The second-order valence-electron chi connectivity index (χ2n) is 5.05. The zero-order valence-corrected chi connectivity index (χ0v) is 14.1. The van der Waals surface area contributed by atoms with Gasteiger partial charge in [0.2, 0.25) is 5.91 Å². The van der Waals surface area contributed by atoms with E-state index >= 15 is 0 Å². The summed E-state index contributed by atoms with van der Waals surface area (Å²) < 4.78 is 5.78. The Morgan fingerprint density at radius 3 is 2.52 bits per heavy atom. The van der Waals surface area contributed by atoms with E-state index in [1.807, 2.05) is 61.6 Å².